The molecule has 7 heteroatoms. The van der Waals surface area contributed by atoms with Crippen LogP contribution in [0.1, 0.15) is 15.6 Å². The Morgan fingerprint density at radius 1 is 1.26 bits per heavy atom. The van der Waals surface area contributed by atoms with Gasteiger partial charge in [-0.3, -0.25) is 0 Å². The highest BCUT2D eigenvalue weighted by Gasteiger charge is 2.15. The maximum Gasteiger partial charge on any atom is 0.240 e. The monoisotopic (exact) mass is 316 g/mol. The van der Waals surface area contributed by atoms with Crippen LogP contribution >= 0.6 is 22.9 Å². The van der Waals surface area contributed by atoms with Gasteiger partial charge in [0.05, 0.1) is 15.6 Å². The number of sulfonamides is 1. The van der Waals surface area contributed by atoms with Crippen molar-refractivity contribution in [3.63, 3.8) is 0 Å². The van der Waals surface area contributed by atoms with Crippen molar-refractivity contribution in [2.24, 2.45) is 0 Å². The molecular weight excluding hydrogens is 304 g/mol. The first kappa shape index (κ1) is 14.5. The Labute approximate surface area is 121 Å². The van der Waals surface area contributed by atoms with Crippen LogP contribution in [0.25, 0.3) is 0 Å². The van der Waals surface area contributed by atoms with Crippen molar-refractivity contribution >= 4 is 33.0 Å². The first-order valence-electron chi connectivity index (χ1n) is 5.56. The third-order valence-corrected chi connectivity index (χ3v) is 5.29. The van der Waals surface area contributed by atoms with Crippen molar-refractivity contribution in [1.29, 1.82) is 0 Å². The number of halogens is 1. The van der Waals surface area contributed by atoms with E-state index in [1.165, 1.54) is 23.5 Å². The second-order valence-corrected chi connectivity index (χ2v) is 7.51. The molecular formula is C12H13ClN2O2S2. The summed E-state index contributed by atoms with van der Waals surface area (Å²) in [5.74, 6) is 0. The molecule has 0 aliphatic rings. The van der Waals surface area contributed by atoms with Crippen LogP contribution in [-0.4, -0.2) is 13.4 Å². The fourth-order valence-corrected chi connectivity index (χ4v) is 3.68. The maximum atomic E-state index is 12.1. The van der Waals surface area contributed by atoms with Gasteiger partial charge in [-0.25, -0.2) is 18.1 Å². The van der Waals surface area contributed by atoms with Crippen LogP contribution in [0.4, 0.5) is 0 Å². The van der Waals surface area contributed by atoms with Crippen molar-refractivity contribution in [3.8, 4) is 0 Å². The third-order valence-electron chi connectivity index (χ3n) is 2.55. The minimum absolute atomic E-state index is 0.204. The van der Waals surface area contributed by atoms with Gasteiger partial charge >= 0.3 is 0 Å². The Bertz CT molecular complexity index is 678. The number of nitrogens with zero attached hydrogens (tertiary/aromatic N) is 1. The van der Waals surface area contributed by atoms with Gasteiger partial charge in [0.2, 0.25) is 10.0 Å². The van der Waals surface area contributed by atoms with Gasteiger partial charge in [0.1, 0.15) is 0 Å². The minimum atomic E-state index is -3.51. The van der Waals surface area contributed by atoms with E-state index in [1.807, 2.05) is 13.8 Å². The SMILES string of the molecule is Cc1nc(C)c(CNS(=O)(=O)c2ccc(Cl)cc2)s1. The van der Waals surface area contributed by atoms with E-state index in [0.717, 1.165) is 15.6 Å². The van der Waals surface area contributed by atoms with E-state index in [-0.39, 0.29) is 11.4 Å². The lowest BCUT2D eigenvalue weighted by molar-refractivity contribution is 0.581. The number of thiazole rings is 1. The Balaban J connectivity index is 2.14. The van der Waals surface area contributed by atoms with Crippen molar-refractivity contribution in [2.45, 2.75) is 25.3 Å². The van der Waals surface area contributed by atoms with Crippen LogP contribution in [0, 0.1) is 13.8 Å². The molecule has 1 aromatic carbocycles. The molecule has 0 saturated carbocycles. The molecule has 0 bridgehead atoms. The van der Waals surface area contributed by atoms with Crippen molar-refractivity contribution < 1.29 is 8.42 Å². The Morgan fingerprint density at radius 3 is 2.42 bits per heavy atom. The molecule has 1 heterocycles. The number of hydrogen-bond donors (Lipinski definition) is 1. The van der Waals surface area contributed by atoms with Crippen LogP contribution in [0.3, 0.4) is 0 Å². The summed E-state index contributed by atoms with van der Waals surface area (Å²) in [4.78, 5) is 5.39. The molecule has 0 atom stereocenters. The lowest BCUT2D eigenvalue weighted by Crippen LogP contribution is -2.23. The summed E-state index contributed by atoms with van der Waals surface area (Å²) in [6.45, 7) is 4.02. The van der Waals surface area contributed by atoms with E-state index in [9.17, 15) is 8.42 Å². The summed E-state index contributed by atoms with van der Waals surface area (Å²) >= 11 is 7.23. The molecule has 102 valence electrons. The summed E-state index contributed by atoms with van der Waals surface area (Å²) < 4.78 is 26.7. The van der Waals surface area contributed by atoms with Gasteiger partial charge in [-0.05, 0) is 38.1 Å². The first-order chi connectivity index (χ1) is 8.88. The molecule has 0 saturated heterocycles. The van der Waals surface area contributed by atoms with Crippen LogP contribution in [0.2, 0.25) is 5.02 Å². The van der Waals surface area contributed by atoms with Gasteiger partial charge < -0.3 is 0 Å². The van der Waals surface area contributed by atoms with Gasteiger partial charge in [-0.15, -0.1) is 11.3 Å². The van der Waals surface area contributed by atoms with E-state index in [4.69, 9.17) is 11.6 Å². The van der Waals surface area contributed by atoms with E-state index in [2.05, 4.69) is 9.71 Å². The molecule has 2 rings (SSSR count). The van der Waals surface area contributed by atoms with Crippen molar-refractivity contribution in [2.75, 3.05) is 0 Å². The molecule has 0 fully saturated rings. The zero-order valence-electron chi connectivity index (χ0n) is 10.5. The number of aromatic nitrogens is 1. The molecule has 0 aliphatic carbocycles. The summed E-state index contributed by atoms with van der Waals surface area (Å²) in [6.07, 6.45) is 0. The highest BCUT2D eigenvalue weighted by Crippen LogP contribution is 2.18. The predicted octanol–water partition coefficient (Wildman–Crippen LogP) is 2.89. The molecule has 0 amide bonds. The van der Waals surface area contributed by atoms with Crippen LogP contribution < -0.4 is 4.72 Å². The number of aryl methyl sites for hydroxylation is 2. The number of benzene rings is 1. The molecule has 0 radical (unpaired) electrons. The second kappa shape index (κ2) is 5.58. The van der Waals surface area contributed by atoms with E-state index in [0.29, 0.717) is 5.02 Å². The van der Waals surface area contributed by atoms with Crippen LogP contribution in [0.5, 0.6) is 0 Å². The minimum Gasteiger partial charge on any atom is -0.247 e. The zero-order chi connectivity index (χ0) is 14.0. The fourth-order valence-electron chi connectivity index (χ4n) is 1.60. The largest absolute Gasteiger partial charge is 0.247 e. The summed E-state index contributed by atoms with van der Waals surface area (Å²) in [5, 5.41) is 1.44. The second-order valence-electron chi connectivity index (χ2n) is 4.02. The van der Waals surface area contributed by atoms with Gasteiger partial charge in [0.25, 0.3) is 0 Å². The summed E-state index contributed by atoms with van der Waals surface area (Å²) in [5.41, 5.74) is 0.862. The number of rotatable bonds is 4. The molecule has 2 aromatic rings. The quantitative estimate of drug-likeness (QED) is 0.943. The van der Waals surface area contributed by atoms with Crippen LogP contribution in [-0.2, 0) is 16.6 Å². The predicted molar refractivity (Wildman–Crippen MR) is 77.1 cm³/mol. The Morgan fingerprint density at radius 2 is 1.89 bits per heavy atom. The maximum absolute atomic E-state index is 12.1. The zero-order valence-corrected chi connectivity index (χ0v) is 12.9. The highest BCUT2D eigenvalue weighted by atomic mass is 35.5. The fraction of sp³-hybridized carbons (Fsp3) is 0.250. The van der Waals surface area contributed by atoms with Gasteiger partial charge in [0, 0.05) is 16.4 Å². The van der Waals surface area contributed by atoms with Gasteiger partial charge in [0.15, 0.2) is 0 Å². The lowest BCUT2D eigenvalue weighted by Gasteiger charge is -2.06. The average Bonchev–Trinajstić information content (AvgIpc) is 2.66. The third kappa shape index (κ3) is 3.54. The molecule has 1 N–H and O–H groups in total. The standard InChI is InChI=1S/C12H13ClN2O2S2/c1-8-12(18-9(2)15-8)7-14-19(16,17)11-5-3-10(13)4-6-11/h3-6,14H,7H2,1-2H3. The molecule has 0 aliphatic heterocycles. The highest BCUT2D eigenvalue weighted by molar-refractivity contribution is 7.89. The smallest absolute Gasteiger partial charge is 0.240 e. The normalized spacial score (nSPS) is 11.7. The molecule has 19 heavy (non-hydrogen) atoms. The topological polar surface area (TPSA) is 59.1 Å². The summed E-state index contributed by atoms with van der Waals surface area (Å²) in [6, 6.07) is 6.07. The van der Waals surface area contributed by atoms with Crippen molar-refractivity contribution in [3.05, 3.63) is 44.9 Å². The number of hydrogen-bond acceptors (Lipinski definition) is 4. The Hall–Kier alpha value is -0.950. The number of nitrogens with one attached hydrogen (secondary N) is 1. The van der Waals surface area contributed by atoms with E-state index >= 15 is 0 Å². The molecule has 0 unspecified atom stereocenters. The lowest BCUT2D eigenvalue weighted by atomic mass is 10.4. The van der Waals surface area contributed by atoms with Gasteiger partial charge in [-0.2, -0.15) is 0 Å². The van der Waals surface area contributed by atoms with E-state index in [1.54, 1.807) is 12.1 Å². The van der Waals surface area contributed by atoms with Crippen LogP contribution in [0.15, 0.2) is 29.2 Å². The first-order valence-corrected chi connectivity index (χ1v) is 8.24. The average molecular weight is 317 g/mol. The van der Waals surface area contributed by atoms with E-state index < -0.39 is 10.0 Å². The molecule has 0 spiro atoms. The molecule has 4 nitrogen and oxygen atoms in total. The molecule has 1 aromatic heterocycles. The van der Waals surface area contributed by atoms with Gasteiger partial charge in [-0.1, -0.05) is 11.6 Å². The van der Waals surface area contributed by atoms with Crippen molar-refractivity contribution in [1.82, 2.24) is 9.71 Å². The Kier molecular flexibility index (Phi) is 4.25. The summed E-state index contributed by atoms with van der Waals surface area (Å²) in [7, 11) is -3.51.